The fourth-order valence-electron chi connectivity index (χ4n) is 2.15. The van der Waals surface area contributed by atoms with Gasteiger partial charge in [-0.25, -0.2) is 4.39 Å². The second-order valence-corrected chi connectivity index (χ2v) is 5.94. The number of phenolic OH excluding ortho intramolecular Hbond substituents is 1. The molecule has 0 unspecified atom stereocenters. The van der Waals surface area contributed by atoms with Crippen LogP contribution in [0, 0.1) is 12.7 Å². The monoisotopic (exact) mass is 258 g/mol. The van der Waals surface area contributed by atoms with Crippen molar-refractivity contribution < 1.29 is 9.50 Å². The van der Waals surface area contributed by atoms with Gasteiger partial charge < -0.3 is 5.11 Å². The van der Waals surface area contributed by atoms with Crippen LogP contribution in [-0.4, -0.2) is 5.11 Å². The molecule has 0 aliphatic rings. The van der Waals surface area contributed by atoms with Crippen molar-refractivity contribution in [3.8, 4) is 16.9 Å². The summed E-state index contributed by atoms with van der Waals surface area (Å²) in [6.07, 6.45) is 0. The number of phenols is 1. The van der Waals surface area contributed by atoms with Gasteiger partial charge >= 0.3 is 0 Å². The zero-order valence-corrected chi connectivity index (χ0v) is 11.8. The Morgan fingerprint density at radius 2 is 1.63 bits per heavy atom. The quantitative estimate of drug-likeness (QED) is 0.778. The van der Waals surface area contributed by atoms with Crippen molar-refractivity contribution in [1.29, 1.82) is 0 Å². The van der Waals surface area contributed by atoms with Gasteiger partial charge in [-0.15, -0.1) is 0 Å². The van der Waals surface area contributed by atoms with Gasteiger partial charge in [-0.3, -0.25) is 0 Å². The van der Waals surface area contributed by atoms with Gasteiger partial charge in [0.25, 0.3) is 0 Å². The van der Waals surface area contributed by atoms with Crippen molar-refractivity contribution in [1.82, 2.24) is 0 Å². The summed E-state index contributed by atoms with van der Waals surface area (Å²) in [6, 6.07) is 10.2. The average Bonchev–Trinajstić information content (AvgIpc) is 2.29. The molecule has 0 aromatic heterocycles. The summed E-state index contributed by atoms with van der Waals surface area (Å²) in [7, 11) is 0. The lowest BCUT2D eigenvalue weighted by molar-refractivity contribution is 0.476. The third-order valence-electron chi connectivity index (χ3n) is 3.34. The maximum absolute atomic E-state index is 13.2. The minimum Gasteiger partial charge on any atom is -0.507 e. The normalized spacial score (nSPS) is 11.6. The van der Waals surface area contributed by atoms with Gasteiger partial charge in [0.15, 0.2) is 0 Å². The molecule has 0 saturated carbocycles. The van der Waals surface area contributed by atoms with E-state index in [1.807, 2.05) is 19.1 Å². The number of rotatable bonds is 1. The van der Waals surface area contributed by atoms with Crippen LogP contribution in [0.2, 0.25) is 0 Å². The Bertz CT molecular complexity index is 609. The highest BCUT2D eigenvalue weighted by molar-refractivity contribution is 5.73. The molecule has 0 amide bonds. The van der Waals surface area contributed by atoms with Gasteiger partial charge in [0.1, 0.15) is 11.6 Å². The summed E-state index contributed by atoms with van der Waals surface area (Å²) in [5, 5.41) is 10.1. The van der Waals surface area contributed by atoms with E-state index in [0.717, 1.165) is 22.3 Å². The molecule has 100 valence electrons. The van der Waals surface area contributed by atoms with Crippen LogP contribution < -0.4 is 0 Å². The van der Waals surface area contributed by atoms with Crippen LogP contribution in [-0.2, 0) is 5.41 Å². The highest BCUT2D eigenvalue weighted by Crippen LogP contribution is 2.35. The molecule has 0 aliphatic heterocycles. The molecule has 2 aromatic carbocycles. The lowest BCUT2D eigenvalue weighted by Gasteiger charge is -2.21. The highest BCUT2D eigenvalue weighted by atomic mass is 19.1. The van der Waals surface area contributed by atoms with Gasteiger partial charge in [0.05, 0.1) is 0 Å². The van der Waals surface area contributed by atoms with Gasteiger partial charge in [-0.05, 0) is 53.3 Å². The summed E-state index contributed by atoms with van der Waals surface area (Å²) < 4.78 is 13.2. The second kappa shape index (κ2) is 4.69. The Morgan fingerprint density at radius 1 is 0.947 bits per heavy atom. The molecule has 1 N–H and O–H groups in total. The number of halogens is 1. The maximum atomic E-state index is 13.2. The molecule has 2 heteroatoms. The van der Waals surface area contributed by atoms with Crippen LogP contribution in [0.5, 0.6) is 5.75 Å². The van der Waals surface area contributed by atoms with Crippen LogP contribution in [0.3, 0.4) is 0 Å². The van der Waals surface area contributed by atoms with Crippen molar-refractivity contribution in [3.05, 3.63) is 53.3 Å². The van der Waals surface area contributed by atoms with E-state index < -0.39 is 0 Å². The summed E-state index contributed by atoms with van der Waals surface area (Å²) >= 11 is 0. The predicted octanol–water partition coefficient (Wildman–Crippen LogP) is 4.80. The first-order valence-electron chi connectivity index (χ1n) is 6.39. The number of aromatic hydroxyl groups is 1. The van der Waals surface area contributed by atoms with Gasteiger partial charge in [0.2, 0.25) is 0 Å². The zero-order valence-electron chi connectivity index (χ0n) is 11.8. The van der Waals surface area contributed by atoms with E-state index in [2.05, 4.69) is 20.8 Å². The number of hydrogen-bond donors (Lipinski definition) is 1. The molecular weight excluding hydrogens is 239 g/mol. The van der Waals surface area contributed by atoms with Crippen molar-refractivity contribution in [2.45, 2.75) is 33.1 Å². The largest absolute Gasteiger partial charge is 0.507 e. The first-order chi connectivity index (χ1) is 8.79. The van der Waals surface area contributed by atoms with E-state index >= 15 is 0 Å². The number of aryl methyl sites for hydroxylation is 1. The van der Waals surface area contributed by atoms with Crippen molar-refractivity contribution in [2.75, 3.05) is 0 Å². The minimum atomic E-state index is -0.257. The first kappa shape index (κ1) is 13.6. The van der Waals surface area contributed by atoms with Crippen LogP contribution in [0.25, 0.3) is 11.1 Å². The van der Waals surface area contributed by atoms with Gasteiger partial charge in [-0.1, -0.05) is 32.9 Å². The fraction of sp³-hybridized carbons (Fsp3) is 0.294. The molecule has 0 heterocycles. The smallest absolute Gasteiger partial charge is 0.123 e. The van der Waals surface area contributed by atoms with E-state index in [1.165, 1.54) is 12.1 Å². The van der Waals surface area contributed by atoms with Crippen LogP contribution in [0.4, 0.5) is 4.39 Å². The number of hydrogen-bond acceptors (Lipinski definition) is 1. The van der Waals surface area contributed by atoms with E-state index in [4.69, 9.17) is 0 Å². The van der Waals surface area contributed by atoms with E-state index in [9.17, 15) is 9.50 Å². The second-order valence-electron chi connectivity index (χ2n) is 5.94. The van der Waals surface area contributed by atoms with E-state index in [1.54, 1.807) is 12.1 Å². The van der Waals surface area contributed by atoms with Crippen LogP contribution in [0.15, 0.2) is 36.4 Å². The molecule has 0 bridgehead atoms. The molecule has 0 atom stereocenters. The predicted molar refractivity (Wildman–Crippen MR) is 76.9 cm³/mol. The van der Waals surface area contributed by atoms with Crippen molar-refractivity contribution in [3.63, 3.8) is 0 Å². The minimum absolute atomic E-state index is 0.0103. The molecule has 2 rings (SSSR count). The Kier molecular flexibility index (Phi) is 3.36. The fourth-order valence-corrected chi connectivity index (χ4v) is 2.15. The SMILES string of the molecule is Cc1cc(F)ccc1-c1cc(C(C)(C)C)ccc1O. The molecular formula is C17H19FO. The van der Waals surface area contributed by atoms with Crippen molar-refractivity contribution in [2.24, 2.45) is 0 Å². The molecule has 0 fully saturated rings. The Morgan fingerprint density at radius 3 is 2.21 bits per heavy atom. The van der Waals surface area contributed by atoms with Gasteiger partial charge in [-0.2, -0.15) is 0 Å². The molecule has 0 saturated heterocycles. The topological polar surface area (TPSA) is 20.2 Å². The Labute approximate surface area is 113 Å². The van der Waals surface area contributed by atoms with Crippen LogP contribution >= 0.6 is 0 Å². The van der Waals surface area contributed by atoms with E-state index in [-0.39, 0.29) is 17.0 Å². The molecule has 1 nitrogen and oxygen atoms in total. The first-order valence-corrected chi connectivity index (χ1v) is 6.39. The third-order valence-corrected chi connectivity index (χ3v) is 3.34. The summed E-state index contributed by atoms with van der Waals surface area (Å²) in [4.78, 5) is 0. The number of benzene rings is 2. The molecule has 0 aliphatic carbocycles. The standard InChI is InChI=1S/C17H19FO/c1-11-9-13(18)6-7-14(11)15-10-12(17(2,3)4)5-8-16(15)19/h5-10,19H,1-4H3. The highest BCUT2D eigenvalue weighted by Gasteiger charge is 2.16. The van der Waals surface area contributed by atoms with Gasteiger partial charge in [0, 0.05) is 5.56 Å². The van der Waals surface area contributed by atoms with E-state index in [0.29, 0.717) is 0 Å². The lowest BCUT2D eigenvalue weighted by atomic mass is 9.85. The summed E-state index contributed by atoms with van der Waals surface area (Å²) in [5.41, 5.74) is 3.59. The Hall–Kier alpha value is -1.83. The molecule has 19 heavy (non-hydrogen) atoms. The maximum Gasteiger partial charge on any atom is 0.123 e. The molecule has 0 spiro atoms. The summed E-state index contributed by atoms with van der Waals surface area (Å²) in [6.45, 7) is 8.23. The summed E-state index contributed by atoms with van der Waals surface area (Å²) in [5.74, 6) is -0.0320. The average molecular weight is 258 g/mol. The molecule has 0 radical (unpaired) electrons. The van der Waals surface area contributed by atoms with Crippen molar-refractivity contribution >= 4 is 0 Å². The Balaban J connectivity index is 2.61. The van der Waals surface area contributed by atoms with Crippen LogP contribution in [0.1, 0.15) is 31.9 Å². The zero-order chi connectivity index (χ0) is 14.2. The molecule has 2 aromatic rings. The lowest BCUT2D eigenvalue weighted by Crippen LogP contribution is -2.10. The third kappa shape index (κ3) is 2.78.